The molecule has 3 N–H and O–H groups in total. The van der Waals surface area contributed by atoms with Crippen LogP contribution in [0.25, 0.3) is 0 Å². The minimum absolute atomic E-state index is 0.0809. The maximum atomic E-state index is 12.3. The molecule has 0 spiro atoms. The molecule has 0 fully saturated rings. The van der Waals surface area contributed by atoms with E-state index in [1.165, 1.54) is 38.5 Å². The molecule has 0 aliphatic rings. The maximum Gasteiger partial charge on any atom is 0.255 e. The summed E-state index contributed by atoms with van der Waals surface area (Å²) < 4.78 is 32.9. The van der Waals surface area contributed by atoms with Gasteiger partial charge in [-0.1, -0.05) is 6.07 Å². The monoisotopic (exact) mass is 336 g/mol. The summed E-state index contributed by atoms with van der Waals surface area (Å²) >= 11 is 0. The molecule has 23 heavy (non-hydrogen) atoms. The molecule has 2 rings (SSSR count). The number of nitrogens with one attached hydrogen (secondary N) is 1. The van der Waals surface area contributed by atoms with Crippen LogP contribution >= 0.6 is 0 Å². The van der Waals surface area contributed by atoms with Crippen LogP contribution in [-0.2, 0) is 10.0 Å². The Morgan fingerprint density at radius 1 is 1.04 bits per heavy atom. The van der Waals surface area contributed by atoms with E-state index in [2.05, 4.69) is 5.32 Å². The summed E-state index contributed by atoms with van der Waals surface area (Å²) in [6.07, 6.45) is 0. The van der Waals surface area contributed by atoms with E-state index in [1.807, 2.05) is 0 Å². The smallest absolute Gasteiger partial charge is 0.255 e. The lowest BCUT2D eigenvalue weighted by atomic mass is 10.2. The molecule has 0 heterocycles. The summed E-state index contributed by atoms with van der Waals surface area (Å²) in [5, 5.41) is 7.67. The summed E-state index contributed by atoms with van der Waals surface area (Å²) in [4.78, 5) is 12.2. The number of methoxy groups -OCH3 is 2. The van der Waals surface area contributed by atoms with Crippen molar-refractivity contribution in [2.24, 2.45) is 5.14 Å². The Bertz CT molecular complexity index is 834. The number of amides is 1. The Morgan fingerprint density at radius 3 is 2.35 bits per heavy atom. The van der Waals surface area contributed by atoms with Gasteiger partial charge in [0.15, 0.2) is 11.5 Å². The number of nitrogens with two attached hydrogens (primary N) is 1. The van der Waals surface area contributed by atoms with E-state index in [4.69, 9.17) is 14.6 Å². The van der Waals surface area contributed by atoms with Gasteiger partial charge in [-0.15, -0.1) is 0 Å². The van der Waals surface area contributed by atoms with Crippen LogP contribution in [-0.4, -0.2) is 28.5 Å². The summed E-state index contributed by atoms with van der Waals surface area (Å²) in [5.74, 6) is 0.497. The number of hydrogen-bond acceptors (Lipinski definition) is 5. The van der Waals surface area contributed by atoms with Gasteiger partial charge in [-0.3, -0.25) is 4.79 Å². The van der Waals surface area contributed by atoms with E-state index < -0.39 is 15.9 Å². The molecule has 122 valence electrons. The third-order valence-electron chi connectivity index (χ3n) is 3.07. The van der Waals surface area contributed by atoms with Crippen LogP contribution in [0.1, 0.15) is 10.4 Å². The average Bonchev–Trinajstić information content (AvgIpc) is 2.53. The number of primary sulfonamides is 1. The SMILES string of the molecule is COc1ccc(C(=O)Nc2cccc(S(N)(=O)=O)c2)cc1OC. The van der Waals surface area contributed by atoms with Crippen molar-refractivity contribution < 1.29 is 22.7 Å². The van der Waals surface area contributed by atoms with Crippen LogP contribution in [0.4, 0.5) is 5.69 Å². The molecule has 7 nitrogen and oxygen atoms in total. The standard InChI is InChI=1S/C15H16N2O5S/c1-21-13-7-6-10(8-14(13)22-2)15(18)17-11-4-3-5-12(9-11)23(16,19)20/h3-9H,1-2H3,(H,17,18)(H2,16,19,20). The van der Waals surface area contributed by atoms with E-state index in [1.54, 1.807) is 18.2 Å². The summed E-state index contributed by atoms with van der Waals surface area (Å²) in [5.41, 5.74) is 0.653. The number of hydrogen-bond donors (Lipinski definition) is 2. The number of carbonyl (C=O) groups is 1. The molecule has 0 aliphatic carbocycles. The van der Waals surface area contributed by atoms with Gasteiger partial charge < -0.3 is 14.8 Å². The van der Waals surface area contributed by atoms with Crippen LogP contribution in [0.5, 0.6) is 11.5 Å². The molecule has 0 aliphatic heterocycles. The lowest BCUT2D eigenvalue weighted by Crippen LogP contribution is -2.15. The van der Waals surface area contributed by atoms with Crippen molar-refractivity contribution in [3.63, 3.8) is 0 Å². The van der Waals surface area contributed by atoms with E-state index >= 15 is 0 Å². The topological polar surface area (TPSA) is 108 Å². The van der Waals surface area contributed by atoms with Gasteiger partial charge in [-0.05, 0) is 36.4 Å². The summed E-state index contributed by atoms with van der Waals surface area (Å²) in [6, 6.07) is 10.4. The predicted octanol–water partition coefficient (Wildman–Crippen LogP) is 1.60. The first-order chi connectivity index (χ1) is 10.8. The highest BCUT2D eigenvalue weighted by atomic mass is 32.2. The fourth-order valence-electron chi connectivity index (χ4n) is 1.93. The molecular weight excluding hydrogens is 320 g/mol. The lowest BCUT2D eigenvalue weighted by molar-refractivity contribution is 0.102. The minimum atomic E-state index is -3.83. The minimum Gasteiger partial charge on any atom is -0.493 e. The zero-order valence-corrected chi connectivity index (χ0v) is 13.4. The van der Waals surface area contributed by atoms with Gasteiger partial charge >= 0.3 is 0 Å². The van der Waals surface area contributed by atoms with Crippen molar-refractivity contribution in [2.45, 2.75) is 4.90 Å². The van der Waals surface area contributed by atoms with Gasteiger partial charge in [0.1, 0.15) is 0 Å². The number of anilines is 1. The Kier molecular flexibility index (Phi) is 4.87. The zero-order valence-electron chi connectivity index (χ0n) is 12.6. The van der Waals surface area contributed by atoms with Crippen molar-refractivity contribution in [3.05, 3.63) is 48.0 Å². The van der Waals surface area contributed by atoms with E-state index in [0.717, 1.165) is 0 Å². The third-order valence-corrected chi connectivity index (χ3v) is 3.98. The molecule has 0 radical (unpaired) electrons. The number of ether oxygens (including phenoxy) is 2. The molecule has 2 aromatic rings. The first-order valence-electron chi connectivity index (χ1n) is 6.51. The first-order valence-corrected chi connectivity index (χ1v) is 8.06. The zero-order chi connectivity index (χ0) is 17.0. The van der Waals surface area contributed by atoms with Crippen LogP contribution in [0.15, 0.2) is 47.4 Å². The largest absolute Gasteiger partial charge is 0.493 e. The number of benzene rings is 2. The highest BCUT2D eigenvalue weighted by molar-refractivity contribution is 7.89. The molecule has 0 unspecified atom stereocenters. The van der Waals surface area contributed by atoms with E-state index in [-0.39, 0.29) is 4.90 Å². The predicted molar refractivity (Wildman–Crippen MR) is 85.3 cm³/mol. The van der Waals surface area contributed by atoms with Crippen molar-refractivity contribution in [1.82, 2.24) is 0 Å². The molecule has 0 saturated heterocycles. The third kappa shape index (κ3) is 3.99. The second kappa shape index (κ2) is 6.67. The van der Waals surface area contributed by atoms with Crippen molar-refractivity contribution in [1.29, 1.82) is 0 Å². The first kappa shape index (κ1) is 16.8. The van der Waals surface area contributed by atoms with Crippen LogP contribution < -0.4 is 19.9 Å². The van der Waals surface area contributed by atoms with Crippen LogP contribution in [0, 0.1) is 0 Å². The second-order valence-corrected chi connectivity index (χ2v) is 6.16. The Hall–Kier alpha value is -2.58. The number of carbonyl (C=O) groups excluding carboxylic acids is 1. The van der Waals surface area contributed by atoms with Crippen LogP contribution in [0.2, 0.25) is 0 Å². The van der Waals surface area contributed by atoms with Crippen molar-refractivity contribution in [2.75, 3.05) is 19.5 Å². The molecule has 8 heteroatoms. The molecule has 0 aromatic heterocycles. The second-order valence-electron chi connectivity index (χ2n) is 4.60. The quantitative estimate of drug-likeness (QED) is 0.862. The van der Waals surface area contributed by atoms with Gasteiger partial charge in [0, 0.05) is 11.3 Å². The molecule has 0 atom stereocenters. The van der Waals surface area contributed by atoms with E-state index in [9.17, 15) is 13.2 Å². The van der Waals surface area contributed by atoms with Gasteiger partial charge in [0.05, 0.1) is 19.1 Å². The van der Waals surface area contributed by atoms with E-state index in [0.29, 0.717) is 22.7 Å². The summed E-state index contributed by atoms with van der Waals surface area (Å²) in [6.45, 7) is 0. The Morgan fingerprint density at radius 2 is 1.74 bits per heavy atom. The van der Waals surface area contributed by atoms with Crippen molar-refractivity contribution in [3.8, 4) is 11.5 Å². The van der Waals surface area contributed by atoms with Gasteiger partial charge in [0.25, 0.3) is 5.91 Å². The summed E-state index contributed by atoms with van der Waals surface area (Å²) in [7, 11) is -0.869. The highest BCUT2D eigenvalue weighted by Gasteiger charge is 2.13. The number of rotatable bonds is 5. The molecule has 0 bridgehead atoms. The molecule has 2 aromatic carbocycles. The normalized spacial score (nSPS) is 10.9. The molecule has 0 saturated carbocycles. The highest BCUT2D eigenvalue weighted by Crippen LogP contribution is 2.28. The van der Waals surface area contributed by atoms with Gasteiger partial charge in [-0.25, -0.2) is 13.6 Å². The fraction of sp³-hybridized carbons (Fsp3) is 0.133. The van der Waals surface area contributed by atoms with Crippen molar-refractivity contribution >= 4 is 21.6 Å². The van der Waals surface area contributed by atoms with Gasteiger partial charge in [0.2, 0.25) is 10.0 Å². The lowest BCUT2D eigenvalue weighted by Gasteiger charge is -2.10. The molecular formula is C15H16N2O5S. The Labute approximate surface area is 134 Å². The Balaban J connectivity index is 2.26. The number of sulfonamides is 1. The maximum absolute atomic E-state index is 12.3. The van der Waals surface area contributed by atoms with Crippen LogP contribution in [0.3, 0.4) is 0 Å². The average molecular weight is 336 g/mol. The molecule has 1 amide bonds. The fourth-order valence-corrected chi connectivity index (χ4v) is 2.49. The van der Waals surface area contributed by atoms with Gasteiger partial charge in [-0.2, -0.15) is 0 Å².